The number of hydrogen-bond donors (Lipinski definition) is 1. The van der Waals surface area contributed by atoms with Crippen LogP contribution in [0.15, 0.2) is 42.5 Å². The lowest BCUT2D eigenvalue weighted by Crippen LogP contribution is -2.12. The summed E-state index contributed by atoms with van der Waals surface area (Å²) in [5, 5.41) is 10.6. The summed E-state index contributed by atoms with van der Waals surface area (Å²) in [4.78, 5) is 12.2. The molecule has 0 aliphatic heterocycles. The molecule has 2 nitrogen and oxygen atoms in total. The van der Waals surface area contributed by atoms with Crippen molar-refractivity contribution in [3.05, 3.63) is 68.7 Å². The molecular formula is C14H9Cl3O2. The molecule has 2 aromatic rings. The Morgan fingerprint density at radius 3 is 2.05 bits per heavy atom. The van der Waals surface area contributed by atoms with Gasteiger partial charge in [-0.15, -0.1) is 0 Å². The average molecular weight is 316 g/mol. The van der Waals surface area contributed by atoms with Gasteiger partial charge < -0.3 is 5.11 Å². The molecule has 1 atom stereocenters. The molecule has 1 unspecified atom stereocenters. The molecule has 0 saturated carbocycles. The summed E-state index contributed by atoms with van der Waals surface area (Å²) < 4.78 is 0. The Kier molecular flexibility index (Phi) is 4.48. The first-order valence-electron chi connectivity index (χ1n) is 5.42. The van der Waals surface area contributed by atoms with Crippen molar-refractivity contribution in [2.24, 2.45) is 0 Å². The first-order valence-corrected chi connectivity index (χ1v) is 6.56. The van der Waals surface area contributed by atoms with Crippen LogP contribution in [0, 0.1) is 0 Å². The molecular weight excluding hydrogens is 307 g/mol. The second-order valence-corrected chi connectivity index (χ2v) is 5.12. The van der Waals surface area contributed by atoms with Crippen LogP contribution in [0.5, 0.6) is 0 Å². The lowest BCUT2D eigenvalue weighted by atomic mass is 10.0. The van der Waals surface area contributed by atoms with Crippen molar-refractivity contribution in [1.82, 2.24) is 0 Å². The van der Waals surface area contributed by atoms with E-state index in [0.717, 1.165) is 0 Å². The summed E-state index contributed by atoms with van der Waals surface area (Å²) in [5.74, 6) is -0.480. The number of benzene rings is 2. The number of aliphatic hydroxyl groups excluding tert-OH is 1. The number of halogens is 3. The number of ketones is 1. The smallest absolute Gasteiger partial charge is 0.195 e. The molecule has 98 valence electrons. The van der Waals surface area contributed by atoms with Crippen LogP contribution in [0.2, 0.25) is 15.1 Å². The normalized spacial score (nSPS) is 12.2. The molecule has 0 aliphatic rings. The second kappa shape index (κ2) is 5.93. The van der Waals surface area contributed by atoms with Gasteiger partial charge in [-0.25, -0.2) is 0 Å². The van der Waals surface area contributed by atoms with Gasteiger partial charge in [0.05, 0.1) is 15.1 Å². The minimum absolute atomic E-state index is 0.178. The highest BCUT2D eigenvalue weighted by atomic mass is 35.5. The van der Waals surface area contributed by atoms with Crippen LogP contribution in [0.25, 0.3) is 0 Å². The largest absolute Gasteiger partial charge is 0.380 e. The molecule has 0 heterocycles. The zero-order valence-electron chi connectivity index (χ0n) is 9.61. The molecule has 0 saturated heterocycles. The number of hydrogen-bond acceptors (Lipinski definition) is 2. The third kappa shape index (κ3) is 3.10. The molecule has 0 amide bonds. The zero-order valence-corrected chi connectivity index (χ0v) is 11.9. The number of carbonyl (C=O) groups is 1. The van der Waals surface area contributed by atoms with E-state index in [4.69, 9.17) is 34.8 Å². The molecule has 2 rings (SSSR count). The highest BCUT2D eigenvalue weighted by Crippen LogP contribution is 2.32. The van der Waals surface area contributed by atoms with E-state index in [2.05, 4.69) is 0 Å². The van der Waals surface area contributed by atoms with E-state index in [1.807, 2.05) is 0 Å². The third-order valence-electron chi connectivity index (χ3n) is 2.63. The standard InChI is InChI=1S/C14H9Cl3O2/c15-10-6-9(7-11(16)12(10)17)14(19)13(18)8-4-2-1-3-5-8/h1-7,13,18H. The lowest BCUT2D eigenvalue weighted by Gasteiger charge is -2.11. The molecule has 5 heteroatoms. The molecule has 2 aromatic carbocycles. The maximum absolute atomic E-state index is 12.2. The van der Waals surface area contributed by atoms with Crippen molar-refractivity contribution in [3.63, 3.8) is 0 Å². The summed E-state index contributed by atoms with van der Waals surface area (Å²) in [6.07, 6.45) is -1.26. The van der Waals surface area contributed by atoms with Gasteiger partial charge >= 0.3 is 0 Å². The number of carbonyl (C=O) groups excluding carboxylic acids is 1. The van der Waals surface area contributed by atoms with E-state index in [1.165, 1.54) is 12.1 Å². The zero-order chi connectivity index (χ0) is 14.0. The Balaban J connectivity index is 2.35. The minimum atomic E-state index is -1.26. The van der Waals surface area contributed by atoms with E-state index in [0.29, 0.717) is 5.56 Å². The van der Waals surface area contributed by atoms with Gasteiger partial charge in [0.1, 0.15) is 6.10 Å². The van der Waals surface area contributed by atoms with E-state index < -0.39 is 11.9 Å². The molecule has 0 radical (unpaired) electrons. The Labute approximate surface area is 125 Å². The lowest BCUT2D eigenvalue weighted by molar-refractivity contribution is 0.0747. The average Bonchev–Trinajstić information content (AvgIpc) is 2.43. The second-order valence-electron chi connectivity index (χ2n) is 3.93. The fourth-order valence-corrected chi connectivity index (χ4v) is 2.24. The summed E-state index contributed by atoms with van der Waals surface area (Å²) >= 11 is 17.5. The highest BCUT2D eigenvalue weighted by Gasteiger charge is 2.20. The number of rotatable bonds is 3. The highest BCUT2D eigenvalue weighted by molar-refractivity contribution is 6.48. The van der Waals surface area contributed by atoms with Crippen molar-refractivity contribution in [1.29, 1.82) is 0 Å². The van der Waals surface area contributed by atoms with Gasteiger partial charge in [0.2, 0.25) is 0 Å². The van der Waals surface area contributed by atoms with Crippen LogP contribution >= 0.6 is 34.8 Å². The van der Waals surface area contributed by atoms with Gasteiger partial charge in [-0.2, -0.15) is 0 Å². The van der Waals surface area contributed by atoms with E-state index in [1.54, 1.807) is 30.3 Å². The summed E-state index contributed by atoms with van der Waals surface area (Å²) in [5.41, 5.74) is 0.727. The van der Waals surface area contributed by atoms with Crippen LogP contribution in [0.4, 0.5) is 0 Å². The van der Waals surface area contributed by atoms with Crippen molar-refractivity contribution >= 4 is 40.6 Å². The van der Waals surface area contributed by atoms with Gasteiger partial charge in [-0.1, -0.05) is 65.1 Å². The van der Waals surface area contributed by atoms with Crippen molar-refractivity contribution in [2.45, 2.75) is 6.10 Å². The number of Topliss-reactive ketones (excluding diaryl/α,β-unsaturated/α-hetero) is 1. The summed E-state index contributed by atoms with van der Waals surface area (Å²) in [7, 11) is 0. The molecule has 0 spiro atoms. The quantitative estimate of drug-likeness (QED) is 0.666. The fraction of sp³-hybridized carbons (Fsp3) is 0.0714. The van der Waals surface area contributed by atoms with Crippen molar-refractivity contribution in [2.75, 3.05) is 0 Å². The predicted molar refractivity (Wildman–Crippen MR) is 77.2 cm³/mol. The Bertz CT molecular complexity index is 588. The molecule has 0 bridgehead atoms. The molecule has 0 aliphatic carbocycles. The van der Waals surface area contributed by atoms with Crippen LogP contribution < -0.4 is 0 Å². The first kappa shape index (κ1) is 14.4. The van der Waals surface area contributed by atoms with Crippen LogP contribution in [0.1, 0.15) is 22.0 Å². The van der Waals surface area contributed by atoms with Crippen LogP contribution in [-0.4, -0.2) is 10.9 Å². The minimum Gasteiger partial charge on any atom is -0.380 e. The van der Waals surface area contributed by atoms with Gasteiger partial charge in [0.15, 0.2) is 5.78 Å². The van der Waals surface area contributed by atoms with Crippen LogP contribution in [-0.2, 0) is 0 Å². The molecule has 0 aromatic heterocycles. The molecule has 1 N–H and O–H groups in total. The predicted octanol–water partition coefficient (Wildman–Crippen LogP) is 4.56. The topological polar surface area (TPSA) is 37.3 Å². The van der Waals surface area contributed by atoms with Gasteiger partial charge in [-0.05, 0) is 17.7 Å². The SMILES string of the molecule is O=C(c1cc(Cl)c(Cl)c(Cl)c1)C(O)c1ccccc1. The summed E-state index contributed by atoms with van der Waals surface area (Å²) in [6.45, 7) is 0. The monoisotopic (exact) mass is 314 g/mol. The van der Waals surface area contributed by atoms with Gasteiger partial charge in [0, 0.05) is 5.56 Å². The van der Waals surface area contributed by atoms with Gasteiger partial charge in [0.25, 0.3) is 0 Å². The van der Waals surface area contributed by atoms with E-state index >= 15 is 0 Å². The maximum Gasteiger partial charge on any atom is 0.195 e. The number of aliphatic hydroxyl groups is 1. The van der Waals surface area contributed by atoms with Crippen molar-refractivity contribution in [3.8, 4) is 0 Å². The third-order valence-corrected chi connectivity index (χ3v) is 3.83. The molecule has 0 fully saturated rings. The summed E-state index contributed by atoms with van der Waals surface area (Å²) in [6, 6.07) is 11.4. The first-order chi connectivity index (χ1) is 9.00. The van der Waals surface area contributed by atoms with Gasteiger partial charge in [-0.3, -0.25) is 4.79 Å². The molecule has 19 heavy (non-hydrogen) atoms. The van der Waals surface area contributed by atoms with E-state index in [-0.39, 0.29) is 20.6 Å². The Hall–Kier alpha value is -1.06. The Morgan fingerprint density at radius 1 is 1.00 bits per heavy atom. The van der Waals surface area contributed by atoms with Crippen molar-refractivity contribution < 1.29 is 9.90 Å². The Morgan fingerprint density at radius 2 is 1.53 bits per heavy atom. The fourth-order valence-electron chi connectivity index (χ4n) is 1.64. The maximum atomic E-state index is 12.2. The van der Waals surface area contributed by atoms with E-state index in [9.17, 15) is 9.90 Å². The van der Waals surface area contributed by atoms with Crippen LogP contribution in [0.3, 0.4) is 0 Å².